The number of carboxylic acids is 2. The Balaban J connectivity index is 4.17. The van der Waals surface area contributed by atoms with Crippen LogP contribution in [0.3, 0.4) is 0 Å². The summed E-state index contributed by atoms with van der Waals surface area (Å²) in [6.07, 6.45) is 0.0172. The molecule has 0 saturated heterocycles. The zero-order chi connectivity index (χ0) is 11.4. The van der Waals surface area contributed by atoms with Crippen molar-refractivity contribution in [3.05, 3.63) is 0 Å². The lowest BCUT2D eigenvalue weighted by atomic mass is 10.2. The van der Waals surface area contributed by atoms with E-state index in [0.717, 1.165) is 0 Å². The van der Waals surface area contributed by atoms with Crippen LogP contribution in [-0.2, 0) is 9.59 Å². The van der Waals surface area contributed by atoms with Crippen molar-refractivity contribution in [1.82, 2.24) is 4.98 Å². The molecule has 14 heavy (non-hydrogen) atoms. The first kappa shape index (κ1) is 13.1. The number of carbonyl (C=O) groups is 2. The van der Waals surface area contributed by atoms with Crippen LogP contribution in [0.5, 0.6) is 0 Å². The van der Waals surface area contributed by atoms with Gasteiger partial charge in [0.15, 0.2) is 0 Å². The lowest BCUT2D eigenvalue weighted by Gasteiger charge is -2.23. The first-order chi connectivity index (χ1) is 6.22. The third-order valence-electron chi connectivity index (χ3n) is 1.55. The van der Waals surface area contributed by atoms with Crippen LogP contribution in [-0.4, -0.2) is 36.4 Å². The number of nitrogens with one attached hydrogen (secondary N) is 1. The van der Waals surface area contributed by atoms with Gasteiger partial charge in [0.25, 0.3) is 0 Å². The second-order valence-corrected chi connectivity index (χ2v) is 9.01. The molecule has 0 rings (SSSR count). The number of rotatable bonds is 6. The molecule has 0 aliphatic rings. The van der Waals surface area contributed by atoms with Gasteiger partial charge in [-0.05, 0) is 6.42 Å². The van der Waals surface area contributed by atoms with E-state index in [1.54, 1.807) is 0 Å². The fraction of sp³-hybridized carbons (Fsp3) is 0.750. The Labute approximate surface area is 84.2 Å². The number of carboxylic acid groups (broad SMARTS) is 2. The largest absolute Gasteiger partial charge is 0.481 e. The Kier molecular flexibility index (Phi) is 4.79. The molecule has 0 bridgehead atoms. The third kappa shape index (κ3) is 6.61. The lowest BCUT2D eigenvalue weighted by molar-refractivity contribution is -0.140. The summed E-state index contributed by atoms with van der Waals surface area (Å²) in [5.41, 5.74) is 0. The summed E-state index contributed by atoms with van der Waals surface area (Å²) in [4.78, 5) is 24.0. The zero-order valence-corrected chi connectivity index (χ0v) is 9.70. The quantitative estimate of drug-likeness (QED) is 0.573. The average molecular weight is 219 g/mol. The first-order valence-electron chi connectivity index (χ1n) is 4.44. The third-order valence-corrected chi connectivity index (χ3v) is 2.77. The second kappa shape index (κ2) is 5.11. The van der Waals surface area contributed by atoms with Gasteiger partial charge in [0.05, 0.1) is 0 Å². The molecule has 3 N–H and O–H groups in total. The molecule has 0 aliphatic heterocycles. The SMILES string of the molecule is C[Si](C)(C)N[C@@H](CCC(=O)O)C(=O)O. The predicted molar refractivity (Wildman–Crippen MR) is 54.8 cm³/mol. The minimum atomic E-state index is -1.68. The molecular weight excluding hydrogens is 202 g/mol. The molecule has 1 atom stereocenters. The van der Waals surface area contributed by atoms with Gasteiger partial charge in [-0.15, -0.1) is 0 Å². The number of hydrogen-bond donors (Lipinski definition) is 3. The van der Waals surface area contributed by atoms with Crippen molar-refractivity contribution >= 4 is 20.2 Å². The minimum absolute atomic E-state index is 0.117. The molecule has 0 aliphatic carbocycles. The molecular formula is C8H17NO4Si. The van der Waals surface area contributed by atoms with Crippen LogP contribution in [0, 0.1) is 0 Å². The molecule has 0 unspecified atom stereocenters. The summed E-state index contributed by atoms with van der Waals surface area (Å²) in [5.74, 6) is -1.94. The monoisotopic (exact) mass is 219 g/mol. The molecule has 0 heterocycles. The summed E-state index contributed by atoms with van der Waals surface area (Å²) in [6.45, 7) is 5.93. The van der Waals surface area contributed by atoms with Gasteiger partial charge in [-0.3, -0.25) is 9.59 Å². The fourth-order valence-electron chi connectivity index (χ4n) is 1.05. The molecule has 82 valence electrons. The molecule has 0 radical (unpaired) electrons. The van der Waals surface area contributed by atoms with Crippen LogP contribution in [0.25, 0.3) is 0 Å². The van der Waals surface area contributed by atoms with Gasteiger partial charge < -0.3 is 15.2 Å². The molecule has 0 amide bonds. The number of aliphatic carboxylic acids is 2. The highest BCUT2D eigenvalue weighted by atomic mass is 28.3. The Morgan fingerprint density at radius 3 is 2.07 bits per heavy atom. The van der Waals surface area contributed by atoms with E-state index in [4.69, 9.17) is 10.2 Å². The van der Waals surface area contributed by atoms with Crippen molar-refractivity contribution < 1.29 is 19.8 Å². The topological polar surface area (TPSA) is 86.6 Å². The highest BCUT2D eigenvalue weighted by Gasteiger charge is 2.24. The summed E-state index contributed by atoms with van der Waals surface area (Å²) in [7, 11) is -1.68. The summed E-state index contributed by atoms with van der Waals surface area (Å²) >= 11 is 0. The van der Waals surface area contributed by atoms with Gasteiger partial charge >= 0.3 is 11.9 Å². The Hall–Kier alpha value is -0.883. The molecule has 0 aromatic carbocycles. The van der Waals surface area contributed by atoms with Crippen molar-refractivity contribution in [3.8, 4) is 0 Å². The van der Waals surface area contributed by atoms with E-state index in [9.17, 15) is 9.59 Å². The van der Waals surface area contributed by atoms with Gasteiger partial charge in [-0.1, -0.05) is 19.6 Å². The smallest absolute Gasteiger partial charge is 0.320 e. The van der Waals surface area contributed by atoms with Crippen molar-refractivity contribution in [1.29, 1.82) is 0 Å². The molecule has 0 saturated carbocycles. The molecule has 0 spiro atoms. The average Bonchev–Trinajstić information content (AvgIpc) is 1.94. The van der Waals surface area contributed by atoms with Crippen molar-refractivity contribution in [3.63, 3.8) is 0 Å². The van der Waals surface area contributed by atoms with Gasteiger partial charge in [0.2, 0.25) is 0 Å². The lowest BCUT2D eigenvalue weighted by Crippen LogP contribution is -2.51. The molecule has 0 fully saturated rings. The van der Waals surface area contributed by atoms with Crippen LogP contribution < -0.4 is 4.98 Å². The van der Waals surface area contributed by atoms with Crippen molar-refractivity contribution in [2.24, 2.45) is 0 Å². The maximum absolute atomic E-state index is 10.8. The van der Waals surface area contributed by atoms with Gasteiger partial charge in [-0.25, -0.2) is 0 Å². The van der Waals surface area contributed by atoms with Gasteiger partial charge in [0.1, 0.15) is 14.3 Å². The maximum Gasteiger partial charge on any atom is 0.320 e. The van der Waals surface area contributed by atoms with E-state index < -0.39 is 26.2 Å². The van der Waals surface area contributed by atoms with E-state index >= 15 is 0 Å². The highest BCUT2D eigenvalue weighted by Crippen LogP contribution is 2.03. The molecule has 6 heteroatoms. The second-order valence-electron chi connectivity index (χ2n) is 4.22. The van der Waals surface area contributed by atoms with Crippen LogP contribution in [0.1, 0.15) is 12.8 Å². The molecule has 5 nitrogen and oxygen atoms in total. The normalized spacial score (nSPS) is 13.6. The Morgan fingerprint density at radius 2 is 1.79 bits per heavy atom. The first-order valence-corrected chi connectivity index (χ1v) is 7.94. The highest BCUT2D eigenvalue weighted by molar-refractivity contribution is 6.73. The van der Waals surface area contributed by atoms with Crippen LogP contribution in [0.4, 0.5) is 0 Å². The van der Waals surface area contributed by atoms with Crippen molar-refractivity contribution in [2.75, 3.05) is 0 Å². The fourth-order valence-corrected chi connectivity index (χ4v) is 2.36. The van der Waals surface area contributed by atoms with Crippen LogP contribution in [0.15, 0.2) is 0 Å². The zero-order valence-electron chi connectivity index (χ0n) is 8.70. The van der Waals surface area contributed by atoms with Gasteiger partial charge in [0, 0.05) is 6.42 Å². The maximum atomic E-state index is 10.8. The summed E-state index contributed by atoms with van der Waals surface area (Å²) in [6, 6.07) is -0.738. The summed E-state index contributed by atoms with van der Waals surface area (Å²) < 4.78 is 0. The Bertz CT molecular complexity index is 224. The van der Waals surface area contributed by atoms with Crippen LogP contribution in [0.2, 0.25) is 19.6 Å². The van der Waals surface area contributed by atoms with E-state index in [1.807, 2.05) is 19.6 Å². The minimum Gasteiger partial charge on any atom is -0.481 e. The van der Waals surface area contributed by atoms with E-state index in [0.29, 0.717) is 0 Å². The predicted octanol–water partition coefficient (Wildman–Crippen LogP) is 0.729. The van der Waals surface area contributed by atoms with Crippen molar-refractivity contribution in [2.45, 2.75) is 38.5 Å². The summed E-state index contributed by atoms with van der Waals surface area (Å²) in [5, 5.41) is 17.2. The molecule has 0 aromatic rings. The van der Waals surface area contributed by atoms with E-state index in [2.05, 4.69) is 4.98 Å². The van der Waals surface area contributed by atoms with Gasteiger partial charge in [-0.2, -0.15) is 0 Å². The standard InChI is InChI=1S/C8H17NO4Si/c1-14(2,3)9-6(8(12)13)4-5-7(10)11/h6,9H,4-5H2,1-3H3,(H,10,11)(H,12,13)/t6-/m0/s1. The number of hydrogen-bond acceptors (Lipinski definition) is 3. The molecule has 0 aromatic heterocycles. The van der Waals surface area contributed by atoms with E-state index in [1.165, 1.54) is 0 Å². The Morgan fingerprint density at radius 1 is 1.29 bits per heavy atom. The van der Waals surface area contributed by atoms with E-state index in [-0.39, 0.29) is 12.8 Å². The van der Waals surface area contributed by atoms with Crippen LogP contribution >= 0.6 is 0 Å².